The third kappa shape index (κ3) is 13.2. The number of para-hydroxylation sites is 4. The van der Waals surface area contributed by atoms with Crippen LogP contribution >= 0.6 is 28.3 Å². The summed E-state index contributed by atoms with van der Waals surface area (Å²) >= 11 is 3.29. The van der Waals surface area contributed by atoms with Crippen molar-refractivity contribution in [3.05, 3.63) is 48.5 Å². The molecule has 2 amide bonds. The quantitative estimate of drug-likeness (QED) is 0.280. The van der Waals surface area contributed by atoms with Crippen LogP contribution in [0.15, 0.2) is 48.5 Å². The van der Waals surface area contributed by atoms with Gasteiger partial charge in [-0.3, -0.25) is 14.5 Å². The number of carbonyl (C=O) groups excluding carboxylic acids is 2. The van der Waals surface area contributed by atoms with Gasteiger partial charge in [-0.25, -0.2) is 0 Å². The molecule has 2 aromatic rings. The van der Waals surface area contributed by atoms with Gasteiger partial charge < -0.3 is 34.9 Å². The van der Waals surface area contributed by atoms with Crippen molar-refractivity contribution in [3.8, 4) is 23.0 Å². The molecule has 260 valence electrons. The minimum Gasteiger partial charge on any atom is -0.493 e. The molecule has 2 aliphatic rings. The lowest BCUT2D eigenvalue weighted by Crippen LogP contribution is -2.47. The molecule has 0 aromatic heterocycles. The summed E-state index contributed by atoms with van der Waals surface area (Å²) in [5, 5.41) is 9.54. The molecule has 3 N–H and O–H groups in total. The molecule has 46 heavy (non-hydrogen) atoms. The SMILES string of the molecule is CNC(=O)C1(C)CCN(CCOc2ccccc2OC)CC1.CNC(=O)C1(C)CCNCC1.COc1ccccc1OCCBr.Cl. The highest BCUT2D eigenvalue weighted by molar-refractivity contribution is 9.09. The van der Waals surface area contributed by atoms with Gasteiger partial charge in [0.15, 0.2) is 23.0 Å². The smallest absolute Gasteiger partial charge is 0.225 e. The first-order valence-corrected chi connectivity index (χ1v) is 16.7. The average Bonchev–Trinajstić information content (AvgIpc) is 3.08. The fourth-order valence-electron chi connectivity index (χ4n) is 5.22. The second-order valence-corrected chi connectivity index (χ2v) is 12.4. The molecule has 0 radical (unpaired) electrons. The van der Waals surface area contributed by atoms with Crippen molar-refractivity contribution in [2.24, 2.45) is 10.8 Å². The van der Waals surface area contributed by atoms with E-state index in [2.05, 4.69) is 43.7 Å². The number of nitrogens with zero attached hydrogens (tertiary/aromatic N) is 1. The van der Waals surface area contributed by atoms with Gasteiger partial charge in [0, 0.05) is 36.8 Å². The second-order valence-electron chi connectivity index (χ2n) is 11.6. The molecule has 2 aliphatic heterocycles. The number of ether oxygens (including phenoxy) is 4. The topological polar surface area (TPSA) is 110 Å². The zero-order chi connectivity index (χ0) is 33.1. The zero-order valence-corrected chi connectivity index (χ0v) is 30.7. The summed E-state index contributed by atoms with van der Waals surface area (Å²) in [5.41, 5.74) is -0.352. The Labute approximate surface area is 290 Å². The number of hydrogen-bond donors (Lipinski definition) is 3. The van der Waals surface area contributed by atoms with Crippen LogP contribution in [0, 0.1) is 10.8 Å². The summed E-state index contributed by atoms with van der Waals surface area (Å²) in [6, 6.07) is 15.3. The van der Waals surface area contributed by atoms with E-state index in [4.69, 9.17) is 18.9 Å². The van der Waals surface area contributed by atoms with Gasteiger partial charge in [0.2, 0.25) is 11.8 Å². The monoisotopic (exact) mass is 728 g/mol. The number of piperidine rings is 2. The molecule has 2 heterocycles. The fraction of sp³-hybridized carbons (Fsp3) is 0.588. The van der Waals surface area contributed by atoms with E-state index in [0.717, 1.165) is 86.7 Å². The Morgan fingerprint density at radius 3 is 1.59 bits per heavy atom. The first-order valence-electron chi connectivity index (χ1n) is 15.6. The summed E-state index contributed by atoms with van der Waals surface area (Å²) in [4.78, 5) is 25.6. The maximum atomic E-state index is 11.9. The molecule has 0 atom stereocenters. The number of nitrogens with one attached hydrogen (secondary N) is 3. The van der Waals surface area contributed by atoms with Crippen molar-refractivity contribution in [2.45, 2.75) is 39.5 Å². The minimum atomic E-state index is -0.227. The van der Waals surface area contributed by atoms with Crippen molar-refractivity contribution >= 4 is 40.2 Å². The van der Waals surface area contributed by atoms with Crippen molar-refractivity contribution in [1.29, 1.82) is 0 Å². The number of likely N-dealkylation sites (tertiary alicyclic amines) is 1. The number of carbonyl (C=O) groups is 2. The van der Waals surface area contributed by atoms with Gasteiger partial charge >= 0.3 is 0 Å². The van der Waals surface area contributed by atoms with Gasteiger partial charge in [-0.05, 0) is 76.1 Å². The van der Waals surface area contributed by atoms with E-state index >= 15 is 0 Å². The van der Waals surface area contributed by atoms with E-state index in [0.29, 0.717) is 13.2 Å². The van der Waals surface area contributed by atoms with E-state index in [1.807, 2.05) is 55.5 Å². The number of amides is 2. The van der Waals surface area contributed by atoms with Crippen molar-refractivity contribution in [2.75, 3.05) is 79.6 Å². The molecule has 12 heteroatoms. The van der Waals surface area contributed by atoms with Crippen LogP contribution in [-0.2, 0) is 9.59 Å². The van der Waals surface area contributed by atoms with Crippen LogP contribution in [0.1, 0.15) is 39.5 Å². The molecular weight excluding hydrogens is 676 g/mol. The van der Waals surface area contributed by atoms with Crippen LogP contribution in [0.25, 0.3) is 0 Å². The number of hydrogen-bond acceptors (Lipinski definition) is 8. The van der Waals surface area contributed by atoms with Gasteiger partial charge in [-0.2, -0.15) is 0 Å². The Morgan fingerprint density at radius 2 is 1.17 bits per heavy atom. The molecule has 10 nitrogen and oxygen atoms in total. The highest BCUT2D eigenvalue weighted by Gasteiger charge is 2.36. The van der Waals surface area contributed by atoms with Crippen LogP contribution in [0.5, 0.6) is 23.0 Å². The maximum absolute atomic E-state index is 11.9. The van der Waals surface area contributed by atoms with Crippen LogP contribution in [-0.4, -0.2) is 96.3 Å². The third-order valence-corrected chi connectivity index (χ3v) is 8.68. The second kappa shape index (κ2) is 22.0. The van der Waals surface area contributed by atoms with Crippen molar-refractivity contribution < 1.29 is 28.5 Å². The van der Waals surface area contributed by atoms with Crippen LogP contribution < -0.4 is 34.9 Å². The average molecular weight is 730 g/mol. The van der Waals surface area contributed by atoms with E-state index < -0.39 is 0 Å². The molecule has 2 saturated heterocycles. The third-order valence-electron chi connectivity index (χ3n) is 8.36. The molecule has 0 aliphatic carbocycles. The lowest BCUT2D eigenvalue weighted by molar-refractivity contribution is -0.132. The predicted octanol–water partition coefficient (Wildman–Crippen LogP) is 4.93. The zero-order valence-electron chi connectivity index (χ0n) is 28.3. The molecule has 0 spiro atoms. The van der Waals surface area contributed by atoms with Crippen LogP contribution in [0.4, 0.5) is 0 Å². The summed E-state index contributed by atoms with van der Waals surface area (Å²) in [6.07, 6.45) is 3.68. The predicted molar refractivity (Wildman–Crippen MR) is 190 cm³/mol. The number of rotatable bonds is 11. The normalized spacial score (nSPS) is 16.4. The molecule has 2 fully saturated rings. The molecule has 0 unspecified atom stereocenters. The summed E-state index contributed by atoms with van der Waals surface area (Å²) in [5.74, 6) is 3.43. The summed E-state index contributed by atoms with van der Waals surface area (Å²) in [7, 11) is 6.69. The number of methoxy groups -OCH3 is 2. The van der Waals surface area contributed by atoms with E-state index in [1.165, 1.54) is 0 Å². The highest BCUT2D eigenvalue weighted by Crippen LogP contribution is 2.31. The van der Waals surface area contributed by atoms with Gasteiger partial charge in [-0.1, -0.05) is 54.0 Å². The van der Waals surface area contributed by atoms with Gasteiger partial charge in [-0.15, -0.1) is 12.4 Å². The maximum Gasteiger partial charge on any atom is 0.225 e. The first-order chi connectivity index (χ1) is 21.7. The largest absolute Gasteiger partial charge is 0.493 e. The van der Waals surface area contributed by atoms with Gasteiger partial charge in [0.1, 0.15) is 6.61 Å². The molecular formula is C34H54BrClN4O6. The van der Waals surface area contributed by atoms with Crippen molar-refractivity contribution in [1.82, 2.24) is 20.9 Å². The van der Waals surface area contributed by atoms with Crippen LogP contribution in [0.3, 0.4) is 0 Å². The molecule has 0 saturated carbocycles. The van der Waals surface area contributed by atoms with Gasteiger partial charge in [0.05, 0.1) is 20.8 Å². The highest BCUT2D eigenvalue weighted by atomic mass is 79.9. The Kier molecular flexibility index (Phi) is 19.7. The number of alkyl halides is 1. The minimum absolute atomic E-state index is 0. The van der Waals surface area contributed by atoms with E-state index in [9.17, 15) is 9.59 Å². The molecule has 2 aromatic carbocycles. The van der Waals surface area contributed by atoms with E-state index in [-0.39, 0.29) is 35.1 Å². The first kappa shape index (κ1) is 41.3. The number of benzene rings is 2. The number of halogens is 2. The van der Waals surface area contributed by atoms with Crippen LogP contribution in [0.2, 0.25) is 0 Å². The Balaban J connectivity index is 0.000000374. The fourth-order valence-corrected chi connectivity index (χ4v) is 5.38. The van der Waals surface area contributed by atoms with E-state index in [1.54, 1.807) is 28.3 Å². The molecule has 4 rings (SSSR count). The van der Waals surface area contributed by atoms with Gasteiger partial charge in [0.25, 0.3) is 0 Å². The Hall–Kier alpha value is -2.73. The lowest BCUT2D eigenvalue weighted by atomic mass is 9.79. The summed E-state index contributed by atoms with van der Waals surface area (Å²) < 4.78 is 21.6. The lowest BCUT2D eigenvalue weighted by Gasteiger charge is -2.37. The Bertz CT molecular complexity index is 1160. The summed E-state index contributed by atoms with van der Waals surface area (Å²) in [6.45, 7) is 10.0. The molecule has 0 bridgehead atoms. The van der Waals surface area contributed by atoms with Crippen molar-refractivity contribution in [3.63, 3.8) is 0 Å². The Morgan fingerprint density at radius 1 is 0.761 bits per heavy atom. The standard InChI is InChI=1S/C17H26N2O3.C9H11BrO2.C8H16N2O.ClH/c1-17(16(20)18-2)8-10-19(11-9-17)12-13-22-15-7-5-4-6-14(15)21-3;1-11-8-4-2-3-5-9(8)12-7-6-10;1-8(7(11)9-2)3-5-10-6-4-8;/h4-7H,8-13H2,1-3H3,(H,18,20);2-5H,6-7H2,1H3;10H,3-6H2,1-2H3,(H,9,11);1H.